The van der Waals surface area contributed by atoms with E-state index in [-0.39, 0.29) is 0 Å². The second-order valence-electron chi connectivity index (χ2n) is 3.61. The summed E-state index contributed by atoms with van der Waals surface area (Å²) >= 11 is 0. The zero-order valence-electron chi connectivity index (χ0n) is 9.57. The topological polar surface area (TPSA) is 70.1 Å². The number of methoxy groups -OCH3 is 1. The number of nitrogens with two attached hydrogens (primary N) is 1. The van der Waals surface area contributed by atoms with Crippen LogP contribution in [0.15, 0.2) is 0 Å². The van der Waals surface area contributed by atoms with Crippen LogP contribution in [0.5, 0.6) is 0 Å². The first-order valence-corrected chi connectivity index (χ1v) is 4.79. The number of rotatable bonds is 3. The maximum atomic E-state index is 11.2. The molecule has 0 saturated heterocycles. The van der Waals surface area contributed by atoms with Gasteiger partial charge in [-0.25, -0.2) is 0 Å². The van der Waals surface area contributed by atoms with Gasteiger partial charge >= 0.3 is 5.97 Å². The zero-order valence-corrected chi connectivity index (χ0v) is 9.57. The van der Waals surface area contributed by atoms with Gasteiger partial charge in [-0.05, 0) is 19.4 Å². The second kappa shape index (κ2) is 4.44. The van der Waals surface area contributed by atoms with E-state index in [2.05, 4.69) is 9.84 Å². The molecule has 0 spiro atoms. The first-order chi connectivity index (χ1) is 6.97. The van der Waals surface area contributed by atoms with Gasteiger partial charge in [-0.2, -0.15) is 5.10 Å². The zero-order chi connectivity index (χ0) is 11.6. The van der Waals surface area contributed by atoms with Crippen LogP contribution in [0.4, 0.5) is 0 Å². The van der Waals surface area contributed by atoms with Gasteiger partial charge in [0, 0.05) is 19.2 Å². The lowest BCUT2D eigenvalue weighted by Gasteiger charge is -2.09. The van der Waals surface area contributed by atoms with E-state index in [1.54, 1.807) is 4.68 Å². The van der Waals surface area contributed by atoms with E-state index < -0.39 is 12.0 Å². The molecule has 0 aliphatic heterocycles. The van der Waals surface area contributed by atoms with Crippen LogP contribution in [0, 0.1) is 13.8 Å². The number of nitrogens with zero attached hydrogens (tertiary/aromatic N) is 2. The summed E-state index contributed by atoms with van der Waals surface area (Å²) in [7, 11) is 3.21. The molecular weight excluding hydrogens is 194 g/mol. The molecule has 0 amide bonds. The smallest absolute Gasteiger partial charge is 0.322 e. The SMILES string of the molecule is COC(=O)C(N)Cc1c(C)nn(C)c1C. The Morgan fingerprint density at radius 1 is 1.60 bits per heavy atom. The van der Waals surface area contributed by atoms with Gasteiger partial charge in [0.15, 0.2) is 0 Å². The quantitative estimate of drug-likeness (QED) is 0.719. The van der Waals surface area contributed by atoms with E-state index in [1.165, 1.54) is 7.11 Å². The summed E-state index contributed by atoms with van der Waals surface area (Å²) in [5, 5.41) is 4.26. The second-order valence-corrected chi connectivity index (χ2v) is 3.61. The Labute approximate surface area is 89.2 Å². The molecule has 2 N–H and O–H groups in total. The Bertz CT molecular complexity index is 371. The van der Waals surface area contributed by atoms with Crippen molar-refractivity contribution in [1.82, 2.24) is 9.78 Å². The van der Waals surface area contributed by atoms with Crippen molar-refractivity contribution in [3.63, 3.8) is 0 Å². The number of hydrogen-bond donors (Lipinski definition) is 1. The largest absolute Gasteiger partial charge is 0.468 e. The third-order valence-corrected chi connectivity index (χ3v) is 2.59. The van der Waals surface area contributed by atoms with Crippen LogP contribution in [0.3, 0.4) is 0 Å². The molecule has 5 nitrogen and oxygen atoms in total. The highest BCUT2D eigenvalue weighted by Gasteiger charge is 2.18. The molecular formula is C10H17N3O2. The molecule has 0 aliphatic rings. The summed E-state index contributed by atoms with van der Waals surface area (Å²) in [6.45, 7) is 3.87. The molecule has 15 heavy (non-hydrogen) atoms. The van der Waals surface area contributed by atoms with Gasteiger partial charge in [-0.3, -0.25) is 9.48 Å². The van der Waals surface area contributed by atoms with E-state index in [0.29, 0.717) is 6.42 Å². The Balaban J connectivity index is 2.85. The summed E-state index contributed by atoms with van der Waals surface area (Å²) < 4.78 is 6.37. The fourth-order valence-electron chi connectivity index (χ4n) is 1.57. The highest BCUT2D eigenvalue weighted by molar-refractivity contribution is 5.75. The van der Waals surface area contributed by atoms with Crippen molar-refractivity contribution in [2.75, 3.05) is 7.11 Å². The number of aryl methyl sites for hydroxylation is 2. The molecule has 1 heterocycles. The Morgan fingerprint density at radius 3 is 2.60 bits per heavy atom. The van der Waals surface area contributed by atoms with E-state index in [9.17, 15) is 4.79 Å². The average molecular weight is 211 g/mol. The minimum Gasteiger partial charge on any atom is -0.468 e. The van der Waals surface area contributed by atoms with Crippen molar-refractivity contribution < 1.29 is 9.53 Å². The van der Waals surface area contributed by atoms with Crippen LogP contribution in [0.25, 0.3) is 0 Å². The Hall–Kier alpha value is -1.36. The van der Waals surface area contributed by atoms with Gasteiger partial charge in [0.1, 0.15) is 6.04 Å². The summed E-state index contributed by atoms with van der Waals surface area (Å²) in [5.41, 5.74) is 8.66. The number of esters is 1. The highest BCUT2D eigenvalue weighted by atomic mass is 16.5. The standard InChI is InChI=1S/C10H17N3O2/c1-6-8(7(2)13(3)12-6)5-9(11)10(14)15-4/h9H,5,11H2,1-4H3. The molecule has 1 aromatic rings. The van der Waals surface area contributed by atoms with E-state index >= 15 is 0 Å². The van der Waals surface area contributed by atoms with Crippen molar-refractivity contribution in [1.29, 1.82) is 0 Å². The van der Waals surface area contributed by atoms with E-state index in [1.807, 2.05) is 20.9 Å². The molecule has 84 valence electrons. The lowest BCUT2D eigenvalue weighted by molar-refractivity contribution is -0.142. The number of ether oxygens (including phenoxy) is 1. The van der Waals surface area contributed by atoms with Crippen LogP contribution >= 0.6 is 0 Å². The van der Waals surface area contributed by atoms with E-state index in [4.69, 9.17) is 5.73 Å². The van der Waals surface area contributed by atoms with Gasteiger partial charge in [-0.1, -0.05) is 0 Å². The van der Waals surface area contributed by atoms with Gasteiger partial charge in [0.25, 0.3) is 0 Å². The van der Waals surface area contributed by atoms with Crippen molar-refractivity contribution in [3.05, 3.63) is 17.0 Å². The minimum atomic E-state index is -0.614. The fourth-order valence-corrected chi connectivity index (χ4v) is 1.57. The molecule has 5 heteroatoms. The molecule has 1 unspecified atom stereocenters. The summed E-state index contributed by atoms with van der Waals surface area (Å²) in [5.74, 6) is -0.391. The predicted octanol–water partition coefficient (Wildman–Crippen LogP) is 0.0797. The average Bonchev–Trinajstić information content (AvgIpc) is 2.43. The normalized spacial score (nSPS) is 12.6. The summed E-state index contributed by atoms with van der Waals surface area (Å²) in [4.78, 5) is 11.2. The van der Waals surface area contributed by atoms with Crippen LogP contribution in [-0.4, -0.2) is 28.9 Å². The number of aromatic nitrogens is 2. The first-order valence-electron chi connectivity index (χ1n) is 4.79. The van der Waals surface area contributed by atoms with E-state index in [0.717, 1.165) is 17.0 Å². The van der Waals surface area contributed by atoms with Crippen LogP contribution < -0.4 is 5.73 Å². The third kappa shape index (κ3) is 2.36. The lowest BCUT2D eigenvalue weighted by atomic mass is 10.1. The highest BCUT2D eigenvalue weighted by Crippen LogP contribution is 2.13. The number of carbonyl (C=O) groups excluding carboxylic acids is 1. The molecule has 1 atom stereocenters. The van der Waals surface area contributed by atoms with Crippen molar-refractivity contribution in [2.24, 2.45) is 12.8 Å². The lowest BCUT2D eigenvalue weighted by Crippen LogP contribution is -2.33. The molecule has 0 aromatic carbocycles. The summed E-state index contributed by atoms with van der Waals surface area (Å²) in [6.07, 6.45) is 0.470. The maximum Gasteiger partial charge on any atom is 0.322 e. The molecule has 0 radical (unpaired) electrons. The molecule has 1 rings (SSSR count). The van der Waals surface area contributed by atoms with Gasteiger partial charge in [0.2, 0.25) is 0 Å². The fraction of sp³-hybridized carbons (Fsp3) is 0.600. The van der Waals surface area contributed by atoms with Crippen LogP contribution in [0.2, 0.25) is 0 Å². The maximum absolute atomic E-state index is 11.2. The summed E-state index contributed by atoms with van der Waals surface area (Å²) in [6, 6.07) is -0.614. The number of carbonyl (C=O) groups is 1. The molecule has 1 aromatic heterocycles. The monoisotopic (exact) mass is 211 g/mol. The van der Waals surface area contributed by atoms with Gasteiger partial charge in [0.05, 0.1) is 12.8 Å². The Morgan fingerprint density at radius 2 is 2.20 bits per heavy atom. The molecule has 0 saturated carbocycles. The molecule has 0 fully saturated rings. The van der Waals surface area contributed by atoms with Gasteiger partial charge < -0.3 is 10.5 Å². The van der Waals surface area contributed by atoms with Crippen molar-refractivity contribution >= 4 is 5.97 Å². The van der Waals surface area contributed by atoms with Gasteiger partial charge in [-0.15, -0.1) is 0 Å². The minimum absolute atomic E-state index is 0.391. The molecule has 0 aliphatic carbocycles. The van der Waals surface area contributed by atoms with Crippen LogP contribution in [0.1, 0.15) is 17.0 Å². The van der Waals surface area contributed by atoms with Crippen LogP contribution in [-0.2, 0) is 23.0 Å². The predicted molar refractivity (Wildman–Crippen MR) is 56.4 cm³/mol. The number of hydrogen-bond acceptors (Lipinski definition) is 4. The van der Waals surface area contributed by atoms with Crippen molar-refractivity contribution in [3.8, 4) is 0 Å². The third-order valence-electron chi connectivity index (χ3n) is 2.59. The Kier molecular flexibility index (Phi) is 3.47. The molecule has 0 bridgehead atoms. The first kappa shape index (κ1) is 11.7. The van der Waals surface area contributed by atoms with Crippen molar-refractivity contribution in [2.45, 2.75) is 26.3 Å².